The highest BCUT2D eigenvalue weighted by atomic mass is 16.6. The third-order valence-corrected chi connectivity index (χ3v) is 2.29. The highest BCUT2D eigenvalue weighted by Crippen LogP contribution is 2.20. The summed E-state index contributed by atoms with van der Waals surface area (Å²) in [5.41, 5.74) is 5.02. The number of carbonyl (C=O) groups is 1. The van der Waals surface area contributed by atoms with Crippen molar-refractivity contribution in [1.82, 2.24) is 14.9 Å². The van der Waals surface area contributed by atoms with E-state index in [-0.39, 0.29) is 29.9 Å². The minimum atomic E-state index is -0.643. The predicted molar refractivity (Wildman–Crippen MR) is 64.9 cm³/mol. The van der Waals surface area contributed by atoms with Crippen LogP contribution in [0.2, 0.25) is 0 Å². The van der Waals surface area contributed by atoms with Gasteiger partial charge in [0.05, 0.1) is 11.5 Å². The minimum absolute atomic E-state index is 0.0645. The molecule has 0 aliphatic carbocycles. The molecular weight excluding hydrogens is 240 g/mol. The smallest absolute Gasteiger partial charge is 0.329 e. The Morgan fingerprint density at radius 3 is 2.89 bits per heavy atom. The first-order chi connectivity index (χ1) is 8.45. The van der Waals surface area contributed by atoms with Gasteiger partial charge >= 0.3 is 5.69 Å². The molecule has 0 radical (unpaired) electrons. The third-order valence-electron chi connectivity index (χ3n) is 2.29. The minimum Gasteiger partial charge on any atom is -0.368 e. The van der Waals surface area contributed by atoms with Gasteiger partial charge in [-0.05, 0) is 6.92 Å². The van der Waals surface area contributed by atoms with Gasteiger partial charge in [-0.1, -0.05) is 0 Å². The summed E-state index contributed by atoms with van der Waals surface area (Å²) in [6.07, 6.45) is 0.999. The topological polar surface area (TPSA) is 127 Å². The number of nitrogens with two attached hydrogens (primary N) is 1. The van der Waals surface area contributed by atoms with E-state index in [0.29, 0.717) is 6.54 Å². The van der Waals surface area contributed by atoms with Crippen molar-refractivity contribution in [2.45, 2.75) is 6.92 Å². The second kappa shape index (κ2) is 5.75. The molecule has 9 heteroatoms. The lowest BCUT2D eigenvalue weighted by molar-refractivity contribution is -0.384. The SMILES string of the molecule is CCN(C)C(=O)CNc1nc(N)ncc1[N+](=O)[O-]. The van der Waals surface area contributed by atoms with Crippen LogP contribution < -0.4 is 11.1 Å². The van der Waals surface area contributed by atoms with Gasteiger partial charge in [0.15, 0.2) is 0 Å². The molecule has 1 heterocycles. The van der Waals surface area contributed by atoms with Crippen LogP contribution in [0.15, 0.2) is 6.20 Å². The molecule has 18 heavy (non-hydrogen) atoms. The highest BCUT2D eigenvalue weighted by molar-refractivity contribution is 5.81. The van der Waals surface area contributed by atoms with E-state index >= 15 is 0 Å². The number of anilines is 2. The molecule has 98 valence electrons. The summed E-state index contributed by atoms with van der Waals surface area (Å²) in [4.78, 5) is 30.3. The molecule has 0 saturated heterocycles. The lowest BCUT2D eigenvalue weighted by Crippen LogP contribution is -2.32. The number of nitrogen functional groups attached to an aromatic ring is 1. The Labute approximate surface area is 103 Å². The van der Waals surface area contributed by atoms with Crippen LogP contribution in [0.1, 0.15) is 6.92 Å². The first-order valence-corrected chi connectivity index (χ1v) is 5.20. The van der Waals surface area contributed by atoms with Crippen molar-refractivity contribution in [3.63, 3.8) is 0 Å². The first-order valence-electron chi connectivity index (χ1n) is 5.20. The lowest BCUT2D eigenvalue weighted by atomic mass is 10.4. The van der Waals surface area contributed by atoms with Gasteiger partial charge in [0.25, 0.3) is 0 Å². The first kappa shape index (κ1) is 13.6. The summed E-state index contributed by atoms with van der Waals surface area (Å²) in [5, 5.41) is 13.3. The monoisotopic (exact) mass is 254 g/mol. The van der Waals surface area contributed by atoms with E-state index in [1.165, 1.54) is 4.90 Å². The number of amides is 1. The van der Waals surface area contributed by atoms with Crippen molar-refractivity contribution in [3.05, 3.63) is 16.3 Å². The Bertz CT molecular complexity index is 464. The van der Waals surface area contributed by atoms with Gasteiger partial charge < -0.3 is 16.0 Å². The summed E-state index contributed by atoms with van der Waals surface area (Å²) in [6.45, 7) is 2.28. The van der Waals surface area contributed by atoms with Crippen LogP contribution in [-0.4, -0.2) is 45.8 Å². The summed E-state index contributed by atoms with van der Waals surface area (Å²) in [6, 6.07) is 0. The number of rotatable bonds is 5. The molecule has 9 nitrogen and oxygen atoms in total. The summed E-state index contributed by atoms with van der Waals surface area (Å²) in [5.74, 6) is -0.367. The van der Waals surface area contributed by atoms with Crippen LogP contribution in [0.5, 0.6) is 0 Å². The molecule has 3 N–H and O–H groups in total. The van der Waals surface area contributed by atoms with E-state index in [2.05, 4.69) is 15.3 Å². The number of aromatic nitrogens is 2. The number of hydrogen-bond donors (Lipinski definition) is 2. The van der Waals surface area contributed by atoms with Gasteiger partial charge in [-0.25, -0.2) is 4.98 Å². The molecule has 1 aromatic rings. The van der Waals surface area contributed by atoms with Gasteiger partial charge in [0.2, 0.25) is 17.7 Å². The summed E-state index contributed by atoms with van der Waals surface area (Å²) in [7, 11) is 1.63. The predicted octanol–water partition coefficient (Wildman–Crippen LogP) is -0.143. The normalized spacial score (nSPS) is 9.89. The maximum absolute atomic E-state index is 11.5. The summed E-state index contributed by atoms with van der Waals surface area (Å²) < 4.78 is 0. The van der Waals surface area contributed by atoms with Crippen molar-refractivity contribution in [1.29, 1.82) is 0 Å². The van der Waals surface area contributed by atoms with Crippen LogP contribution in [0.4, 0.5) is 17.5 Å². The van der Waals surface area contributed by atoms with Crippen molar-refractivity contribution in [2.75, 3.05) is 31.2 Å². The average Bonchev–Trinajstić information content (AvgIpc) is 2.34. The molecule has 1 rings (SSSR count). The molecule has 0 aromatic carbocycles. The standard InChI is InChI=1S/C9H14N6O3/c1-3-14(2)7(16)5-11-8-6(15(17)18)4-12-9(10)13-8/h4H,3,5H2,1-2H3,(H3,10,11,12,13). The van der Waals surface area contributed by atoms with Crippen LogP contribution in [0.3, 0.4) is 0 Å². The quantitative estimate of drug-likeness (QED) is 0.552. The Kier molecular flexibility index (Phi) is 4.35. The average molecular weight is 254 g/mol. The van der Waals surface area contributed by atoms with E-state index in [0.717, 1.165) is 6.20 Å². The second-order valence-electron chi connectivity index (χ2n) is 3.48. The molecule has 0 saturated carbocycles. The van der Waals surface area contributed by atoms with Crippen LogP contribution in [-0.2, 0) is 4.79 Å². The van der Waals surface area contributed by atoms with E-state index in [4.69, 9.17) is 5.73 Å². The molecule has 0 atom stereocenters. The van der Waals surface area contributed by atoms with Crippen molar-refractivity contribution < 1.29 is 9.72 Å². The van der Waals surface area contributed by atoms with E-state index in [1.54, 1.807) is 7.05 Å². The van der Waals surface area contributed by atoms with E-state index < -0.39 is 4.92 Å². The van der Waals surface area contributed by atoms with Crippen molar-refractivity contribution in [3.8, 4) is 0 Å². The summed E-state index contributed by atoms with van der Waals surface area (Å²) >= 11 is 0. The zero-order valence-electron chi connectivity index (χ0n) is 10.1. The zero-order chi connectivity index (χ0) is 13.7. The van der Waals surface area contributed by atoms with E-state index in [1.807, 2.05) is 6.92 Å². The molecule has 0 unspecified atom stereocenters. The fourth-order valence-corrected chi connectivity index (χ4v) is 1.12. The van der Waals surface area contributed by atoms with Crippen molar-refractivity contribution >= 4 is 23.4 Å². The maximum Gasteiger partial charge on any atom is 0.329 e. The number of carbonyl (C=O) groups excluding carboxylic acids is 1. The van der Waals surface area contributed by atoms with Gasteiger partial charge in [-0.3, -0.25) is 14.9 Å². The molecule has 0 spiro atoms. The molecule has 1 amide bonds. The third kappa shape index (κ3) is 3.27. The Morgan fingerprint density at radius 2 is 2.33 bits per heavy atom. The van der Waals surface area contributed by atoms with Crippen LogP contribution in [0, 0.1) is 10.1 Å². The largest absolute Gasteiger partial charge is 0.368 e. The lowest BCUT2D eigenvalue weighted by Gasteiger charge is -2.14. The van der Waals surface area contributed by atoms with Gasteiger partial charge in [0.1, 0.15) is 6.20 Å². The molecule has 0 aliphatic rings. The molecule has 0 fully saturated rings. The molecular formula is C9H14N6O3. The van der Waals surface area contributed by atoms with Crippen molar-refractivity contribution in [2.24, 2.45) is 0 Å². The Balaban J connectivity index is 2.81. The Hall–Kier alpha value is -2.45. The molecule has 0 aliphatic heterocycles. The Morgan fingerprint density at radius 1 is 1.67 bits per heavy atom. The van der Waals surface area contributed by atoms with Gasteiger partial charge in [0, 0.05) is 13.6 Å². The fourth-order valence-electron chi connectivity index (χ4n) is 1.12. The maximum atomic E-state index is 11.5. The molecule has 1 aromatic heterocycles. The van der Waals surface area contributed by atoms with Crippen LogP contribution in [0.25, 0.3) is 0 Å². The van der Waals surface area contributed by atoms with Gasteiger partial charge in [-0.2, -0.15) is 4.98 Å². The number of nitrogens with zero attached hydrogens (tertiary/aromatic N) is 4. The van der Waals surface area contributed by atoms with Crippen LogP contribution >= 0.6 is 0 Å². The van der Waals surface area contributed by atoms with Gasteiger partial charge in [-0.15, -0.1) is 0 Å². The highest BCUT2D eigenvalue weighted by Gasteiger charge is 2.17. The van der Waals surface area contributed by atoms with E-state index in [9.17, 15) is 14.9 Å². The number of nitro groups is 1. The number of nitrogens with one attached hydrogen (secondary N) is 1. The second-order valence-corrected chi connectivity index (χ2v) is 3.48. The number of likely N-dealkylation sites (N-methyl/N-ethyl adjacent to an activating group) is 1. The number of hydrogen-bond acceptors (Lipinski definition) is 7. The molecule has 0 bridgehead atoms. The fraction of sp³-hybridized carbons (Fsp3) is 0.444. The zero-order valence-corrected chi connectivity index (χ0v) is 10.1.